The van der Waals surface area contributed by atoms with Gasteiger partial charge in [0.2, 0.25) is 5.28 Å². The van der Waals surface area contributed by atoms with Crippen molar-refractivity contribution in [3.05, 3.63) is 50.6 Å². The minimum absolute atomic E-state index is 0.0164. The van der Waals surface area contributed by atoms with Crippen molar-refractivity contribution in [2.24, 2.45) is 0 Å². The highest BCUT2D eigenvalue weighted by molar-refractivity contribution is 6.35. The SMILES string of the molecule is Cc1ccc([N+](=O)[O-])cc1-n1cnc2c(Cl)nc(Cl)nc21. The number of non-ortho nitro benzene ring substituents is 1. The van der Waals surface area contributed by atoms with Crippen LogP contribution < -0.4 is 0 Å². The second-order valence-corrected chi connectivity index (χ2v) is 4.99. The summed E-state index contributed by atoms with van der Waals surface area (Å²) in [6, 6.07) is 4.54. The van der Waals surface area contributed by atoms with Gasteiger partial charge in [-0.3, -0.25) is 14.7 Å². The summed E-state index contributed by atoms with van der Waals surface area (Å²) in [5, 5.41) is 11.0. The molecular weight excluding hydrogens is 317 g/mol. The Morgan fingerprint density at radius 2 is 2.05 bits per heavy atom. The number of imidazole rings is 1. The maximum absolute atomic E-state index is 10.9. The lowest BCUT2D eigenvalue weighted by Gasteiger charge is -2.07. The van der Waals surface area contributed by atoms with Crippen LogP contribution >= 0.6 is 23.2 Å². The minimum atomic E-state index is -0.461. The van der Waals surface area contributed by atoms with Gasteiger partial charge in [-0.2, -0.15) is 4.98 Å². The highest BCUT2D eigenvalue weighted by Gasteiger charge is 2.16. The smallest absolute Gasteiger partial charge is 0.271 e. The molecule has 0 radical (unpaired) electrons. The van der Waals surface area contributed by atoms with E-state index in [2.05, 4.69) is 15.0 Å². The van der Waals surface area contributed by atoms with Crippen LogP contribution in [-0.2, 0) is 0 Å². The average molecular weight is 324 g/mol. The van der Waals surface area contributed by atoms with Gasteiger partial charge >= 0.3 is 0 Å². The van der Waals surface area contributed by atoms with Crippen LogP contribution in [0.25, 0.3) is 16.9 Å². The molecule has 0 amide bonds. The van der Waals surface area contributed by atoms with Gasteiger partial charge in [0.25, 0.3) is 5.69 Å². The molecule has 0 saturated heterocycles. The van der Waals surface area contributed by atoms with Crippen molar-refractivity contribution in [1.82, 2.24) is 19.5 Å². The molecule has 0 N–H and O–H groups in total. The maximum atomic E-state index is 10.9. The maximum Gasteiger partial charge on any atom is 0.271 e. The topological polar surface area (TPSA) is 86.7 Å². The molecule has 21 heavy (non-hydrogen) atoms. The second kappa shape index (κ2) is 4.94. The van der Waals surface area contributed by atoms with Crippen molar-refractivity contribution in [3.8, 4) is 5.69 Å². The Bertz CT molecular complexity index is 877. The highest BCUT2D eigenvalue weighted by atomic mass is 35.5. The number of nitro groups is 1. The first-order chi connectivity index (χ1) is 9.97. The summed E-state index contributed by atoms with van der Waals surface area (Å²) in [6.45, 7) is 1.83. The summed E-state index contributed by atoms with van der Waals surface area (Å²) in [5.41, 5.74) is 2.16. The van der Waals surface area contributed by atoms with Crippen LogP contribution in [0.2, 0.25) is 10.4 Å². The van der Waals surface area contributed by atoms with E-state index in [1.807, 2.05) is 6.92 Å². The van der Waals surface area contributed by atoms with Crippen molar-refractivity contribution in [1.29, 1.82) is 0 Å². The molecule has 9 heteroatoms. The van der Waals surface area contributed by atoms with Crippen LogP contribution in [0.15, 0.2) is 24.5 Å². The van der Waals surface area contributed by atoms with Gasteiger partial charge in [0.15, 0.2) is 10.8 Å². The molecule has 3 aromatic rings. The van der Waals surface area contributed by atoms with E-state index < -0.39 is 4.92 Å². The number of benzene rings is 1. The number of nitro benzene ring substituents is 1. The molecule has 0 aliphatic heterocycles. The standard InChI is InChI=1S/C12H7Cl2N5O2/c1-6-2-3-7(19(20)21)4-8(6)18-5-15-9-10(13)16-12(14)17-11(9)18/h2-5H,1H3. The summed E-state index contributed by atoms with van der Waals surface area (Å²) < 4.78 is 1.59. The van der Waals surface area contributed by atoms with Gasteiger partial charge in [0.05, 0.1) is 10.6 Å². The second-order valence-electron chi connectivity index (χ2n) is 4.30. The molecule has 0 atom stereocenters. The minimum Gasteiger partial charge on any atom is -0.283 e. The van der Waals surface area contributed by atoms with E-state index in [-0.39, 0.29) is 16.1 Å². The van der Waals surface area contributed by atoms with E-state index in [9.17, 15) is 10.1 Å². The number of rotatable bonds is 2. The van der Waals surface area contributed by atoms with E-state index in [0.29, 0.717) is 16.9 Å². The highest BCUT2D eigenvalue weighted by Crippen LogP contribution is 2.26. The molecule has 0 saturated carbocycles. The Labute approximate surface area is 128 Å². The first-order valence-electron chi connectivity index (χ1n) is 5.79. The van der Waals surface area contributed by atoms with E-state index in [1.165, 1.54) is 18.5 Å². The fourth-order valence-corrected chi connectivity index (χ4v) is 2.41. The number of aromatic nitrogens is 4. The van der Waals surface area contributed by atoms with Gasteiger partial charge in [-0.05, 0) is 24.1 Å². The Morgan fingerprint density at radius 3 is 2.76 bits per heavy atom. The normalized spacial score (nSPS) is 11.0. The number of nitrogens with zero attached hydrogens (tertiary/aromatic N) is 5. The molecule has 3 rings (SSSR count). The van der Waals surface area contributed by atoms with Crippen molar-refractivity contribution < 1.29 is 4.92 Å². The van der Waals surface area contributed by atoms with Gasteiger partial charge < -0.3 is 0 Å². The number of hydrogen-bond donors (Lipinski definition) is 0. The lowest BCUT2D eigenvalue weighted by Crippen LogP contribution is -1.99. The average Bonchev–Trinajstić information content (AvgIpc) is 2.82. The molecule has 106 valence electrons. The van der Waals surface area contributed by atoms with Crippen LogP contribution in [0, 0.1) is 17.0 Å². The van der Waals surface area contributed by atoms with Crippen molar-refractivity contribution in [3.63, 3.8) is 0 Å². The molecule has 0 bridgehead atoms. The van der Waals surface area contributed by atoms with Crippen LogP contribution in [0.5, 0.6) is 0 Å². The molecular formula is C12H7Cl2N5O2. The number of halogens is 2. The largest absolute Gasteiger partial charge is 0.283 e. The predicted octanol–water partition coefficient (Wildman–Crippen LogP) is 3.34. The zero-order chi connectivity index (χ0) is 15.1. The number of hydrogen-bond acceptors (Lipinski definition) is 5. The quantitative estimate of drug-likeness (QED) is 0.312. The van der Waals surface area contributed by atoms with Crippen molar-refractivity contribution in [2.75, 3.05) is 0 Å². The molecule has 0 unspecified atom stereocenters. The van der Waals surface area contributed by atoms with E-state index in [0.717, 1.165) is 5.56 Å². The Hall–Kier alpha value is -2.25. The molecule has 0 fully saturated rings. The fraction of sp³-hybridized carbons (Fsp3) is 0.0833. The lowest BCUT2D eigenvalue weighted by atomic mass is 10.2. The van der Waals surface area contributed by atoms with Crippen LogP contribution in [0.4, 0.5) is 5.69 Å². The van der Waals surface area contributed by atoms with Gasteiger partial charge in [0.1, 0.15) is 11.8 Å². The molecule has 1 aromatic carbocycles. The van der Waals surface area contributed by atoms with Crippen molar-refractivity contribution in [2.45, 2.75) is 6.92 Å². The zero-order valence-corrected chi connectivity index (χ0v) is 12.1. The molecule has 0 aliphatic carbocycles. The third kappa shape index (κ3) is 2.30. The third-order valence-electron chi connectivity index (χ3n) is 2.99. The summed E-state index contributed by atoms with van der Waals surface area (Å²) in [5.74, 6) is 0. The lowest BCUT2D eigenvalue weighted by molar-refractivity contribution is -0.384. The van der Waals surface area contributed by atoms with E-state index >= 15 is 0 Å². The first-order valence-corrected chi connectivity index (χ1v) is 6.54. The Morgan fingerprint density at radius 1 is 1.29 bits per heavy atom. The van der Waals surface area contributed by atoms with E-state index in [4.69, 9.17) is 23.2 Å². The monoisotopic (exact) mass is 323 g/mol. The Kier molecular flexibility index (Phi) is 3.23. The third-order valence-corrected chi connectivity index (χ3v) is 3.42. The Balaban J connectivity index is 2.30. The van der Waals surface area contributed by atoms with Crippen LogP contribution in [0.3, 0.4) is 0 Å². The summed E-state index contributed by atoms with van der Waals surface area (Å²) in [7, 11) is 0. The first kappa shape index (κ1) is 13.7. The molecule has 2 heterocycles. The zero-order valence-electron chi connectivity index (χ0n) is 10.6. The molecule has 0 aliphatic rings. The van der Waals surface area contributed by atoms with E-state index in [1.54, 1.807) is 10.6 Å². The van der Waals surface area contributed by atoms with Gasteiger partial charge in [0, 0.05) is 12.1 Å². The van der Waals surface area contributed by atoms with Crippen LogP contribution in [-0.4, -0.2) is 24.4 Å². The summed E-state index contributed by atoms with van der Waals surface area (Å²) in [4.78, 5) is 22.5. The number of fused-ring (bicyclic) bond motifs is 1. The van der Waals surface area contributed by atoms with Gasteiger partial charge in [-0.1, -0.05) is 17.7 Å². The molecule has 7 nitrogen and oxygen atoms in total. The fourth-order valence-electron chi connectivity index (χ4n) is 1.99. The van der Waals surface area contributed by atoms with Gasteiger partial charge in [-0.15, -0.1) is 0 Å². The van der Waals surface area contributed by atoms with Crippen molar-refractivity contribution >= 4 is 40.1 Å². The molecule has 2 aromatic heterocycles. The predicted molar refractivity (Wildman–Crippen MR) is 78.1 cm³/mol. The summed E-state index contributed by atoms with van der Waals surface area (Å²) in [6.07, 6.45) is 1.48. The molecule has 0 spiro atoms. The van der Waals surface area contributed by atoms with Gasteiger partial charge in [-0.25, -0.2) is 9.97 Å². The number of aryl methyl sites for hydroxylation is 1. The summed E-state index contributed by atoms with van der Waals surface area (Å²) >= 11 is 11.8. The van der Waals surface area contributed by atoms with Crippen LogP contribution in [0.1, 0.15) is 5.56 Å².